The van der Waals surface area contributed by atoms with Crippen LogP contribution in [0.3, 0.4) is 0 Å². The number of hydrogen-bond acceptors (Lipinski definition) is 4. The molecule has 0 aromatic carbocycles. The molecule has 5 heteroatoms. The van der Waals surface area contributed by atoms with Crippen LogP contribution in [0.2, 0.25) is 0 Å². The van der Waals surface area contributed by atoms with E-state index in [2.05, 4.69) is 6.92 Å². The maximum Gasteiger partial charge on any atom is 2.00 e. The van der Waals surface area contributed by atoms with Gasteiger partial charge in [-0.05, 0) is 12.8 Å². The maximum atomic E-state index is 10.8. The largest absolute Gasteiger partial charge is 2.00 e. The van der Waals surface area contributed by atoms with Crippen molar-refractivity contribution in [3.8, 4) is 0 Å². The molecule has 0 aliphatic carbocycles. The van der Waals surface area contributed by atoms with Crippen LogP contribution in [0.5, 0.6) is 0 Å². The molecular weight excluding hydrogens is 368 g/mol. The van der Waals surface area contributed by atoms with Crippen molar-refractivity contribution in [3.63, 3.8) is 0 Å². The molecule has 0 saturated heterocycles. The van der Waals surface area contributed by atoms with Crippen molar-refractivity contribution in [2.24, 2.45) is 5.92 Å². The fourth-order valence-corrected chi connectivity index (χ4v) is 3.44. The van der Waals surface area contributed by atoms with Gasteiger partial charge in [-0.3, -0.25) is 0 Å². The topological polar surface area (TPSA) is 80.3 Å². The normalized spacial score (nSPS) is 11.7. The van der Waals surface area contributed by atoms with Gasteiger partial charge in [0.2, 0.25) is 0 Å². The number of hydrogen-bond donors (Lipinski definition) is 0. The Morgan fingerprint density at radius 3 is 1.26 bits per heavy atom. The van der Waals surface area contributed by atoms with Gasteiger partial charge in [0.1, 0.15) is 0 Å². The molecule has 1 unspecified atom stereocenters. The molecule has 0 fully saturated rings. The Morgan fingerprint density at radius 2 is 0.963 bits per heavy atom. The van der Waals surface area contributed by atoms with Gasteiger partial charge in [0.15, 0.2) is 0 Å². The number of unbranched alkanes of at least 4 members (excludes halogenated alkanes) is 15. The molecule has 0 N–H and O–H groups in total. The third kappa shape index (κ3) is 22.4. The first-order valence-corrected chi connectivity index (χ1v) is 11.0. The zero-order valence-electron chi connectivity index (χ0n) is 17.6. The van der Waals surface area contributed by atoms with Crippen LogP contribution in [0, 0.1) is 5.92 Å². The van der Waals surface area contributed by atoms with Gasteiger partial charge in [-0.25, -0.2) is 0 Å². The van der Waals surface area contributed by atoms with Gasteiger partial charge in [-0.15, -0.1) is 0 Å². The first-order chi connectivity index (χ1) is 12.6. The van der Waals surface area contributed by atoms with E-state index in [4.69, 9.17) is 0 Å². The van der Waals surface area contributed by atoms with Crippen LogP contribution in [-0.2, 0) is 9.59 Å². The van der Waals surface area contributed by atoms with Crippen molar-refractivity contribution in [1.82, 2.24) is 0 Å². The zero-order chi connectivity index (χ0) is 19.5. The van der Waals surface area contributed by atoms with E-state index in [0.717, 1.165) is 19.3 Å². The van der Waals surface area contributed by atoms with E-state index in [1.807, 2.05) is 0 Å². The molecule has 0 rings (SSSR count). The Morgan fingerprint density at radius 1 is 0.630 bits per heavy atom. The Hall–Kier alpha value is 0.200. The van der Waals surface area contributed by atoms with Gasteiger partial charge in [-0.1, -0.05) is 110 Å². The minimum atomic E-state index is -1.31. The van der Waals surface area contributed by atoms with Crippen LogP contribution in [0.25, 0.3) is 0 Å². The van der Waals surface area contributed by atoms with E-state index in [-0.39, 0.29) is 37.7 Å². The van der Waals surface area contributed by atoms with Gasteiger partial charge in [0.25, 0.3) is 0 Å². The van der Waals surface area contributed by atoms with Gasteiger partial charge in [0.05, 0.1) is 0 Å². The summed E-state index contributed by atoms with van der Waals surface area (Å²) in [7, 11) is 0. The van der Waals surface area contributed by atoms with Gasteiger partial charge in [-0.2, -0.15) is 0 Å². The molecule has 0 radical (unpaired) electrons. The Kier molecular flexibility index (Phi) is 24.5. The number of carbonyl (C=O) groups excluding carboxylic acids is 2. The molecule has 4 nitrogen and oxygen atoms in total. The molecule has 0 bridgehead atoms. The van der Waals surface area contributed by atoms with Crippen LogP contribution in [0.1, 0.15) is 122 Å². The number of carbonyl (C=O) groups is 2. The molecule has 0 aromatic rings. The SMILES string of the molecule is CCCCCCCCCCCCCCCCCCC(CC(=O)[O-])C(=O)[O-].[Ca+2]. The minimum Gasteiger partial charge on any atom is -0.550 e. The smallest absolute Gasteiger partial charge is 0.550 e. The van der Waals surface area contributed by atoms with Gasteiger partial charge >= 0.3 is 37.7 Å². The molecule has 0 aliphatic rings. The summed E-state index contributed by atoms with van der Waals surface area (Å²) < 4.78 is 0. The quantitative estimate of drug-likeness (QED) is 0.227. The predicted molar refractivity (Wildman–Crippen MR) is 108 cm³/mol. The minimum absolute atomic E-state index is 0. The second kappa shape index (κ2) is 22.5. The Labute approximate surface area is 196 Å². The number of carboxylic acid groups (broad SMARTS) is 2. The first-order valence-electron chi connectivity index (χ1n) is 11.0. The van der Waals surface area contributed by atoms with Crippen molar-refractivity contribution in [1.29, 1.82) is 0 Å². The summed E-state index contributed by atoms with van der Waals surface area (Å²) >= 11 is 0. The van der Waals surface area contributed by atoms with Crippen molar-refractivity contribution in [2.75, 3.05) is 0 Å². The molecule has 0 amide bonds. The van der Waals surface area contributed by atoms with Crippen molar-refractivity contribution >= 4 is 49.7 Å². The first kappa shape index (κ1) is 29.4. The summed E-state index contributed by atoms with van der Waals surface area (Å²) in [6.45, 7) is 2.26. The van der Waals surface area contributed by atoms with Crippen molar-refractivity contribution in [3.05, 3.63) is 0 Å². The molecular formula is C22H40CaO4. The molecule has 0 spiro atoms. The summed E-state index contributed by atoms with van der Waals surface area (Å²) in [4.78, 5) is 21.3. The molecule has 154 valence electrons. The van der Waals surface area contributed by atoms with Crippen molar-refractivity contribution < 1.29 is 19.8 Å². The number of aliphatic carboxylic acids is 2. The Bertz CT molecular complexity index is 347. The fourth-order valence-electron chi connectivity index (χ4n) is 3.44. The molecule has 0 saturated carbocycles. The molecule has 0 heterocycles. The summed E-state index contributed by atoms with van der Waals surface area (Å²) in [6.07, 6.45) is 20.3. The van der Waals surface area contributed by atoms with E-state index in [9.17, 15) is 19.8 Å². The molecule has 0 aromatic heterocycles. The van der Waals surface area contributed by atoms with E-state index >= 15 is 0 Å². The second-order valence-electron chi connectivity index (χ2n) is 7.68. The zero-order valence-corrected chi connectivity index (χ0v) is 19.9. The average molecular weight is 409 g/mol. The second-order valence-corrected chi connectivity index (χ2v) is 7.68. The third-order valence-electron chi connectivity index (χ3n) is 5.15. The maximum absolute atomic E-state index is 10.8. The molecule has 0 aliphatic heterocycles. The summed E-state index contributed by atoms with van der Waals surface area (Å²) in [6, 6.07) is 0. The summed E-state index contributed by atoms with van der Waals surface area (Å²) in [5, 5.41) is 21.3. The van der Waals surface area contributed by atoms with E-state index in [1.165, 1.54) is 83.5 Å². The number of carboxylic acids is 2. The van der Waals surface area contributed by atoms with E-state index < -0.39 is 24.3 Å². The van der Waals surface area contributed by atoms with Gasteiger partial charge in [0, 0.05) is 17.9 Å². The van der Waals surface area contributed by atoms with Crippen LogP contribution in [-0.4, -0.2) is 49.7 Å². The summed E-state index contributed by atoms with van der Waals surface area (Å²) in [5.74, 6) is -3.47. The third-order valence-corrected chi connectivity index (χ3v) is 5.15. The monoisotopic (exact) mass is 408 g/mol. The summed E-state index contributed by atoms with van der Waals surface area (Å²) in [5.41, 5.74) is 0. The average Bonchev–Trinajstić information content (AvgIpc) is 2.59. The van der Waals surface area contributed by atoms with E-state index in [1.54, 1.807) is 0 Å². The molecule has 27 heavy (non-hydrogen) atoms. The van der Waals surface area contributed by atoms with Crippen LogP contribution in [0.15, 0.2) is 0 Å². The van der Waals surface area contributed by atoms with Crippen molar-refractivity contribution in [2.45, 2.75) is 122 Å². The predicted octanol–water partition coefficient (Wildman–Crippen LogP) is 3.76. The fraction of sp³-hybridized carbons (Fsp3) is 0.909. The molecule has 1 atom stereocenters. The van der Waals surface area contributed by atoms with Crippen LogP contribution < -0.4 is 10.2 Å². The van der Waals surface area contributed by atoms with Crippen LogP contribution in [0.4, 0.5) is 0 Å². The number of rotatable bonds is 20. The van der Waals surface area contributed by atoms with E-state index in [0.29, 0.717) is 6.42 Å². The van der Waals surface area contributed by atoms with Gasteiger partial charge < -0.3 is 19.8 Å². The standard InChI is InChI=1S/C22H42O4.Ca/c1-2-3-4-5-6-7-8-9-10-11-12-13-14-15-16-17-18-20(22(25)26)19-21(23)24;/h20H,2-19H2,1H3,(H,23,24)(H,25,26);/q;+2/p-2. The Balaban J connectivity index is 0. The van der Waals surface area contributed by atoms with Crippen LogP contribution >= 0.6 is 0 Å².